The van der Waals surface area contributed by atoms with Gasteiger partial charge in [0.1, 0.15) is 5.75 Å². The highest BCUT2D eigenvalue weighted by molar-refractivity contribution is 6.02. The molecule has 3 aromatic rings. The topological polar surface area (TPSA) is 59.4 Å². The van der Waals surface area contributed by atoms with Gasteiger partial charge in [-0.15, -0.1) is 0 Å². The highest BCUT2D eigenvalue weighted by Gasteiger charge is 2.30. The summed E-state index contributed by atoms with van der Waals surface area (Å²) in [6, 6.07) is 13.9. The molecule has 0 saturated carbocycles. The van der Waals surface area contributed by atoms with Crippen molar-refractivity contribution >= 4 is 11.6 Å². The monoisotopic (exact) mass is 458 g/mol. The Morgan fingerprint density at radius 1 is 1.03 bits per heavy atom. The molecule has 1 aliphatic heterocycles. The van der Waals surface area contributed by atoms with Crippen molar-refractivity contribution in [3.63, 3.8) is 0 Å². The number of likely N-dealkylation sites (tertiary alicyclic amines) is 1. The standard InChI is InChI=1S/C24H25F3N4O2/c25-24(26,27)19-5-4-6-21(15-19)33-17-31-14-11-22(29-31)23(32)28-20-9-7-18(8-10-20)16-30-12-2-1-3-13-30/h4-11,14-15H,1-3,12-13,16-17H2,(H,28,32). The minimum atomic E-state index is -4.44. The third-order valence-electron chi connectivity index (χ3n) is 5.46. The third-order valence-corrected chi connectivity index (χ3v) is 5.46. The summed E-state index contributed by atoms with van der Waals surface area (Å²) in [6.45, 7) is 3.03. The Hall–Kier alpha value is -3.33. The van der Waals surface area contributed by atoms with E-state index in [-0.39, 0.29) is 24.1 Å². The second-order valence-electron chi connectivity index (χ2n) is 8.03. The summed E-state index contributed by atoms with van der Waals surface area (Å²) in [4.78, 5) is 14.9. The molecule has 174 valence electrons. The van der Waals surface area contributed by atoms with Gasteiger partial charge in [-0.2, -0.15) is 18.3 Å². The number of amides is 1. The summed E-state index contributed by atoms with van der Waals surface area (Å²) < 4.78 is 45.2. The van der Waals surface area contributed by atoms with Crippen LogP contribution in [0.4, 0.5) is 18.9 Å². The van der Waals surface area contributed by atoms with E-state index >= 15 is 0 Å². The van der Waals surface area contributed by atoms with Crippen molar-refractivity contribution in [1.29, 1.82) is 0 Å². The Balaban J connectivity index is 1.30. The number of carbonyl (C=O) groups excluding carboxylic acids is 1. The molecule has 9 heteroatoms. The maximum Gasteiger partial charge on any atom is 0.416 e. The predicted molar refractivity (Wildman–Crippen MR) is 118 cm³/mol. The Bertz CT molecular complexity index is 1070. The van der Waals surface area contributed by atoms with E-state index in [1.165, 1.54) is 53.9 Å². The van der Waals surface area contributed by atoms with Crippen LogP contribution in [0, 0.1) is 0 Å². The summed E-state index contributed by atoms with van der Waals surface area (Å²) in [6.07, 6.45) is 0.873. The van der Waals surface area contributed by atoms with Crippen LogP contribution >= 0.6 is 0 Å². The fraction of sp³-hybridized carbons (Fsp3) is 0.333. The van der Waals surface area contributed by atoms with E-state index in [1.54, 1.807) is 0 Å². The predicted octanol–water partition coefficient (Wildman–Crippen LogP) is 5.18. The first-order chi connectivity index (χ1) is 15.9. The number of hydrogen-bond acceptors (Lipinski definition) is 4. The Kier molecular flexibility index (Phi) is 6.98. The molecule has 2 aromatic carbocycles. The molecule has 33 heavy (non-hydrogen) atoms. The second-order valence-corrected chi connectivity index (χ2v) is 8.03. The molecule has 0 aliphatic carbocycles. The van der Waals surface area contributed by atoms with Crippen LogP contribution in [0.15, 0.2) is 60.8 Å². The number of nitrogens with zero attached hydrogens (tertiary/aromatic N) is 3. The quantitative estimate of drug-likeness (QED) is 0.530. The molecule has 1 aliphatic rings. The Morgan fingerprint density at radius 2 is 1.79 bits per heavy atom. The van der Waals surface area contributed by atoms with Crippen LogP contribution in [-0.4, -0.2) is 33.7 Å². The lowest BCUT2D eigenvalue weighted by Crippen LogP contribution is -2.29. The first-order valence-corrected chi connectivity index (χ1v) is 10.8. The van der Waals surface area contributed by atoms with Crippen molar-refractivity contribution in [2.75, 3.05) is 18.4 Å². The van der Waals surface area contributed by atoms with Gasteiger partial charge < -0.3 is 10.1 Å². The molecule has 1 N–H and O–H groups in total. The van der Waals surface area contributed by atoms with Crippen LogP contribution in [0.5, 0.6) is 5.75 Å². The molecule has 4 rings (SSSR count). The van der Waals surface area contributed by atoms with Crippen molar-refractivity contribution in [3.05, 3.63) is 77.6 Å². The molecular weight excluding hydrogens is 433 g/mol. The molecule has 0 atom stereocenters. The van der Waals surface area contributed by atoms with E-state index in [2.05, 4.69) is 15.3 Å². The minimum absolute atomic E-state index is 0.0657. The lowest BCUT2D eigenvalue weighted by Gasteiger charge is -2.26. The Morgan fingerprint density at radius 3 is 2.52 bits per heavy atom. The zero-order chi connectivity index (χ0) is 23.3. The normalized spacial score (nSPS) is 14.8. The van der Waals surface area contributed by atoms with Gasteiger partial charge >= 0.3 is 6.18 Å². The number of rotatable bonds is 7. The summed E-state index contributed by atoms with van der Waals surface area (Å²) in [5, 5.41) is 6.94. The van der Waals surface area contributed by atoms with Gasteiger partial charge in [-0.3, -0.25) is 9.69 Å². The van der Waals surface area contributed by atoms with Gasteiger partial charge in [-0.05, 0) is 67.9 Å². The lowest BCUT2D eigenvalue weighted by molar-refractivity contribution is -0.137. The number of ether oxygens (including phenoxy) is 1. The van der Waals surface area contributed by atoms with Gasteiger partial charge in [-0.1, -0.05) is 24.6 Å². The molecular formula is C24H25F3N4O2. The van der Waals surface area contributed by atoms with E-state index in [4.69, 9.17) is 4.74 Å². The van der Waals surface area contributed by atoms with E-state index in [9.17, 15) is 18.0 Å². The number of aromatic nitrogens is 2. The van der Waals surface area contributed by atoms with Gasteiger partial charge in [0.15, 0.2) is 12.4 Å². The van der Waals surface area contributed by atoms with Gasteiger partial charge in [0, 0.05) is 18.4 Å². The van der Waals surface area contributed by atoms with Crippen LogP contribution in [-0.2, 0) is 19.5 Å². The fourth-order valence-electron chi connectivity index (χ4n) is 3.72. The summed E-state index contributed by atoms with van der Waals surface area (Å²) in [5.41, 5.74) is 1.26. The molecule has 0 unspecified atom stereocenters. The largest absolute Gasteiger partial charge is 0.471 e. The third kappa shape index (κ3) is 6.35. The van der Waals surface area contributed by atoms with Gasteiger partial charge in [0.05, 0.1) is 5.56 Å². The molecule has 0 spiro atoms. The molecule has 6 nitrogen and oxygen atoms in total. The number of carbonyl (C=O) groups is 1. The summed E-state index contributed by atoms with van der Waals surface area (Å²) >= 11 is 0. The number of anilines is 1. The maximum atomic E-state index is 12.8. The molecule has 0 radical (unpaired) electrons. The zero-order valence-corrected chi connectivity index (χ0v) is 18.0. The summed E-state index contributed by atoms with van der Waals surface area (Å²) in [5.74, 6) is -0.312. The highest BCUT2D eigenvalue weighted by Crippen LogP contribution is 2.31. The van der Waals surface area contributed by atoms with Crippen molar-refractivity contribution in [3.8, 4) is 5.75 Å². The van der Waals surface area contributed by atoms with Crippen LogP contribution in [0.3, 0.4) is 0 Å². The van der Waals surface area contributed by atoms with Gasteiger partial charge in [-0.25, -0.2) is 4.68 Å². The van der Waals surface area contributed by atoms with Crippen molar-refractivity contribution in [2.24, 2.45) is 0 Å². The van der Waals surface area contributed by atoms with Gasteiger partial charge in [0.25, 0.3) is 5.91 Å². The fourth-order valence-corrected chi connectivity index (χ4v) is 3.72. The van der Waals surface area contributed by atoms with E-state index in [1.807, 2.05) is 24.3 Å². The van der Waals surface area contributed by atoms with E-state index in [0.29, 0.717) is 5.69 Å². The minimum Gasteiger partial charge on any atom is -0.471 e. The first kappa shape index (κ1) is 22.8. The van der Waals surface area contributed by atoms with Crippen molar-refractivity contribution in [1.82, 2.24) is 14.7 Å². The zero-order valence-electron chi connectivity index (χ0n) is 18.0. The first-order valence-electron chi connectivity index (χ1n) is 10.8. The number of hydrogen-bond donors (Lipinski definition) is 1. The number of piperidine rings is 1. The molecule has 1 aromatic heterocycles. The second kappa shape index (κ2) is 10.1. The van der Waals surface area contributed by atoms with Crippen LogP contribution < -0.4 is 10.1 Å². The van der Waals surface area contributed by atoms with Crippen LogP contribution in [0.25, 0.3) is 0 Å². The molecule has 0 bridgehead atoms. The molecule has 1 amide bonds. The van der Waals surface area contributed by atoms with Crippen LogP contribution in [0.1, 0.15) is 40.9 Å². The average Bonchev–Trinajstić information content (AvgIpc) is 3.29. The number of nitrogens with one attached hydrogen (secondary N) is 1. The van der Waals surface area contributed by atoms with E-state index in [0.717, 1.165) is 31.8 Å². The molecule has 1 fully saturated rings. The average molecular weight is 458 g/mol. The summed E-state index contributed by atoms with van der Waals surface area (Å²) in [7, 11) is 0. The lowest BCUT2D eigenvalue weighted by atomic mass is 10.1. The maximum absolute atomic E-state index is 12.8. The molecule has 2 heterocycles. The smallest absolute Gasteiger partial charge is 0.416 e. The van der Waals surface area contributed by atoms with Gasteiger partial charge in [0.2, 0.25) is 0 Å². The number of benzene rings is 2. The van der Waals surface area contributed by atoms with Crippen LogP contribution in [0.2, 0.25) is 0 Å². The van der Waals surface area contributed by atoms with Crippen molar-refractivity contribution < 1.29 is 22.7 Å². The molecule has 1 saturated heterocycles. The SMILES string of the molecule is O=C(Nc1ccc(CN2CCCCC2)cc1)c1ccn(COc2cccc(C(F)(F)F)c2)n1. The Labute approximate surface area is 190 Å². The number of halogens is 3. The van der Waals surface area contributed by atoms with Crippen molar-refractivity contribution in [2.45, 2.75) is 38.7 Å². The number of alkyl halides is 3. The van der Waals surface area contributed by atoms with E-state index < -0.39 is 11.7 Å². The highest BCUT2D eigenvalue weighted by atomic mass is 19.4.